The first-order chi connectivity index (χ1) is 13.2. The minimum atomic E-state index is -0.0625. The number of benzene rings is 1. The highest BCUT2D eigenvalue weighted by molar-refractivity contribution is 5.89. The van der Waals surface area contributed by atoms with Crippen LogP contribution >= 0.6 is 0 Å². The van der Waals surface area contributed by atoms with Crippen molar-refractivity contribution >= 4 is 17.5 Å². The fourth-order valence-corrected chi connectivity index (χ4v) is 3.09. The maximum atomic E-state index is 12.4. The number of aryl methyl sites for hydroxylation is 1. The number of carbonyl (C=O) groups is 1. The van der Waals surface area contributed by atoms with Crippen LogP contribution in [-0.2, 0) is 0 Å². The molecule has 7 nitrogen and oxygen atoms in total. The molecule has 1 aliphatic heterocycles. The van der Waals surface area contributed by atoms with E-state index in [4.69, 9.17) is 0 Å². The van der Waals surface area contributed by atoms with E-state index in [-0.39, 0.29) is 6.03 Å². The van der Waals surface area contributed by atoms with Gasteiger partial charge in [0.2, 0.25) is 0 Å². The molecule has 0 aliphatic carbocycles. The van der Waals surface area contributed by atoms with Crippen molar-refractivity contribution in [2.45, 2.75) is 6.92 Å². The molecule has 0 bridgehead atoms. The van der Waals surface area contributed by atoms with Crippen molar-refractivity contribution in [1.82, 2.24) is 19.7 Å². The molecule has 1 saturated heterocycles. The van der Waals surface area contributed by atoms with Gasteiger partial charge >= 0.3 is 6.03 Å². The average Bonchev–Trinajstić information content (AvgIpc) is 3.25. The van der Waals surface area contributed by atoms with Crippen LogP contribution in [0.1, 0.15) is 5.56 Å². The van der Waals surface area contributed by atoms with E-state index in [1.54, 1.807) is 0 Å². The summed E-state index contributed by atoms with van der Waals surface area (Å²) in [6.07, 6.45) is 3.88. The van der Waals surface area contributed by atoms with E-state index in [0.717, 1.165) is 30.4 Å². The Morgan fingerprint density at radius 1 is 0.889 bits per heavy atom. The molecule has 0 spiro atoms. The lowest BCUT2D eigenvalue weighted by Crippen LogP contribution is -2.50. The second-order valence-corrected chi connectivity index (χ2v) is 6.61. The number of rotatable bonds is 3. The Balaban J connectivity index is 1.33. The third-order valence-electron chi connectivity index (χ3n) is 4.70. The van der Waals surface area contributed by atoms with Gasteiger partial charge in [0, 0.05) is 44.3 Å². The topological polar surface area (TPSA) is 66.3 Å². The molecule has 3 heterocycles. The third kappa shape index (κ3) is 3.92. The van der Waals surface area contributed by atoms with Gasteiger partial charge in [0.05, 0.1) is 0 Å². The molecule has 138 valence electrons. The molecule has 1 N–H and O–H groups in total. The van der Waals surface area contributed by atoms with Crippen LogP contribution < -0.4 is 10.2 Å². The molecule has 7 heteroatoms. The summed E-state index contributed by atoms with van der Waals surface area (Å²) >= 11 is 0. The Bertz CT molecular complexity index is 881. The Morgan fingerprint density at radius 3 is 2.15 bits per heavy atom. The van der Waals surface area contributed by atoms with Crippen LogP contribution in [0.4, 0.5) is 16.3 Å². The summed E-state index contributed by atoms with van der Waals surface area (Å²) in [5, 5.41) is 11.6. The van der Waals surface area contributed by atoms with Crippen LogP contribution in [0.15, 0.2) is 60.9 Å². The summed E-state index contributed by atoms with van der Waals surface area (Å²) in [6.45, 7) is 4.80. The van der Waals surface area contributed by atoms with Crippen molar-refractivity contribution in [3.05, 3.63) is 66.5 Å². The SMILES string of the molecule is Cc1ccc(NC(=O)N2CCN(c3ccc(-n4cccc4)nn3)CC2)cc1. The Labute approximate surface area is 158 Å². The van der Waals surface area contributed by atoms with Gasteiger partial charge in [0.1, 0.15) is 0 Å². The van der Waals surface area contributed by atoms with E-state index >= 15 is 0 Å². The van der Waals surface area contributed by atoms with Crippen molar-refractivity contribution in [3.8, 4) is 5.82 Å². The summed E-state index contributed by atoms with van der Waals surface area (Å²) in [6, 6.07) is 15.6. The van der Waals surface area contributed by atoms with Crippen molar-refractivity contribution in [1.29, 1.82) is 0 Å². The molecule has 0 unspecified atom stereocenters. The number of hydrogen-bond donors (Lipinski definition) is 1. The van der Waals surface area contributed by atoms with E-state index in [1.165, 1.54) is 5.56 Å². The van der Waals surface area contributed by atoms with Crippen LogP contribution in [0.2, 0.25) is 0 Å². The lowest BCUT2D eigenvalue weighted by molar-refractivity contribution is 0.208. The maximum absolute atomic E-state index is 12.4. The summed E-state index contributed by atoms with van der Waals surface area (Å²) in [7, 11) is 0. The molecular formula is C20H22N6O. The van der Waals surface area contributed by atoms with Gasteiger partial charge in [-0.2, -0.15) is 0 Å². The molecule has 1 aliphatic rings. The molecule has 2 aromatic heterocycles. The van der Waals surface area contributed by atoms with E-state index < -0.39 is 0 Å². The number of piperazine rings is 1. The van der Waals surface area contributed by atoms with Crippen LogP contribution in [0, 0.1) is 6.92 Å². The molecular weight excluding hydrogens is 340 g/mol. The van der Waals surface area contributed by atoms with Crippen LogP contribution in [-0.4, -0.2) is 51.9 Å². The number of urea groups is 1. The predicted molar refractivity (Wildman–Crippen MR) is 105 cm³/mol. The summed E-state index contributed by atoms with van der Waals surface area (Å²) in [4.78, 5) is 16.4. The molecule has 2 amide bonds. The second-order valence-electron chi connectivity index (χ2n) is 6.61. The van der Waals surface area contributed by atoms with Crippen molar-refractivity contribution in [2.75, 3.05) is 36.4 Å². The van der Waals surface area contributed by atoms with Crippen molar-refractivity contribution < 1.29 is 4.79 Å². The standard InChI is InChI=1S/C20H22N6O/c1-16-4-6-17(7-5-16)21-20(27)26-14-12-25(13-15-26)19-9-8-18(22-23-19)24-10-2-3-11-24/h2-11H,12-15H2,1H3,(H,21,27). The molecule has 1 aromatic carbocycles. The minimum Gasteiger partial charge on any atom is -0.352 e. The Morgan fingerprint density at radius 2 is 1.52 bits per heavy atom. The summed E-state index contributed by atoms with van der Waals surface area (Å²) in [5.41, 5.74) is 1.99. The first-order valence-electron chi connectivity index (χ1n) is 9.04. The van der Waals surface area contributed by atoms with E-state index in [1.807, 2.05) is 77.3 Å². The zero-order chi connectivity index (χ0) is 18.6. The number of anilines is 2. The van der Waals surface area contributed by atoms with Crippen LogP contribution in [0.3, 0.4) is 0 Å². The molecule has 27 heavy (non-hydrogen) atoms. The number of amides is 2. The lowest BCUT2D eigenvalue weighted by atomic mass is 10.2. The minimum absolute atomic E-state index is 0.0625. The molecule has 0 radical (unpaired) electrons. The van der Waals surface area contributed by atoms with Gasteiger partial charge in [-0.25, -0.2) is 4.79 Å². The molecule has 4 rings (SSSR count). The first-order valence-corrected chi connectivity index (χ1v) is 9.04. The van der Waals surface area contributed by atoms with Crippen LogP contribution in [0.25, 0.3) is 5.82 Å². The van der Waals surface area contributed by atoms with Gasteiger partial charge < -0.3 is 19.7 Å². The molecule has 0 atom stereocenters. The number of nitrogens with zero attached hydrogens (tertiary/aromatic N) is 5. The highest BCUT2D eigenvalue weighted by atomic mass is 16.2. The second kappa shape index (κ2) is 7.49. The Kier molecular flexibility index (Phi) is 4.74. The van der Waals surface area contributed by atoms with E-state index in [0.29, 0.717) is 13.1 Å². The monoisotopic (exact) mass is 362 g/mol. The molecule has 3 aromatic rings. The van der Waals surface area contributed by atoms with Crippen LogP contribution in [0.5, 0.6) is 0 Å². The van der Waals surface area contributed by atoms with Gasteiger partial charge in [-0.3, -0.25) is 0 Å². The van der Waals surface area contributed by atoms with Gasteiger partial charge in [0.15, 0.2) is 11.6 Å². The van der Waals surface area contributed by atoms with E-state index in [2.05, 4.69) is 20.4 Å². The average molecular weight is 362 g/mol. The highest BCUT2D eigenvalue weighted by Gasteiger charge is 2.22. The lowest BCUT2D eigenvalue weighted by Gasteiger charge is -2.35. The number of aromatic nitrogens is 3. The quantitative estimate of drug-likeness (QED) is 0.778. The number of nitrogens with one attached hydrogen (secondary N) is 1. The largest absolute Gasteiger partial charge is 0.352 e. The van der Waals surface area contributed by atoms with Gasteiger partial charge in [0.25, 0.3) is 0 Å². The molecule has 0 saturated carbocycles. The highest BCUT2D eigenvalue weighted by Crippen LogP contribution is 2.15. The smallest absolute Gasteiger partial charge is 0.321 e. The van der Waals surface area contributed by atoms with Gasteiger partial charge in [-0.1, -0.05) is 17.7 Å². The maximum Gasteiger partial charge on any atom is 0.321 e. The van der Waals surface area contributed by atoms with Gasteiger partial charge in [-0.15, -0.1) is 10.2 Å². The molecule has 1 fully saturated rings. The summed E-state index contributed by atoms with van der Waals surface area (Å²) < 4.78 is 1.92. The number of carbonyl (C=O) groups excluding carboxylic acids is 1. The van der Waals surface area contributed by atoms with Crippen molar-refractivity contribution in [3.63, 3.8) is 0 Å². The third-order valence-corrected chi connectivity index (χ3v) is 4.70. The Hall–Kier alpha value is -3.35. The first kappa shape index (κ1) is 17.1. The fraction of sp³-hybridized carbons (Fsp3) is 0.250. The zero-order valence-electron chi connectivity index (χ0n) is 15.2. The fourth-order valence-electron chi connectivity index (χ4n) is 3.09. The number of hydrogen-bond acceptors (Lipinski definition) is 4. The normalized spacial score (nSPS) is 14.3. The van der Waals surface area contributed by atoms with Crippen molar-refractivity contribution in [2.24, 2.45) is 0 Å². The predicted octanol–water partition coefficient (Wildman–Crippen LogP) is 2.93. The summed E-state index contributed by atoms with van der Waals surface area (Å²) in [5.74, 6) is 1.63. The zero-order valence-corrected chi connectivity index (χ0v) is 15.2. The van der Waals surface area contributed by atoms with E-state index in [9.17, 15) is 4.79 Å². The van der Waals surface area contributed by atoms with Gasteiger partial charge in [-0.05, 0) is 43.3 Å².